The molecule has 0 atom stereocenters. The monoisotopic (exact) mass is 1450 g/mol. The number of ether oxygens (including phenoxy) is 1. The Hall–Kier alpha value is -12.2. The van der Waals surface area contributed by atoms with Crippen molar-refractivity contribution in [2.24, 2.45) is 40.9 Å². The number of para-hydroxylation sites is 6. The fraction of sp³-hybridized carbons (Fsp3) is 0.202. The molecule has 0 unspecified atom stereocenters. The number of anilines is 4. The molecule has 4 aliphatic heterocycles. The summed E-state index contributed by atoms with van der Waals surface area (Å²) in [5.74, 6) is 1.93. The molecule has 548 valence electrons. The van der Waals surface area contributed by atoms with Crippen molar-refractivity contribution in [3.8, 4) is 11.5 Å². The van der Waals surface area contributed by atoms with Crippen LogP contribution in [0, 0.1) is 0 Å². The lowest BCUT2D eigenvalue weighted by Gasteiger charge is -2.22. The number of azo groups is 4. The maximum atomic E-state index is 12.9. The molecule has 0 N–H and O–H groups in total. The van der Waals surface area contributed by atoms with E-state index in [9.17, 15) is 4.79 Å². The van der Waals surface area contributed by atoms with Gasteiger partial charge in [-0.1, -0.05) is 269 Å². The number of hydrogen-bond acceptors (Lipinski definition) is 15. The number of rotatable bonds is 15. The Balaban J connectivity index is 0.000000136. The largest absolute Gasteiger partial charge is 0.455 e. The molecule has 15 rings (SSSR count). The van der Waals surface area contributed by atoms with Crippen LogP contribution in [-0.4, -0.2) is 34.0 Å². The van der Waals surface area contributed by atoms with Gasteiger partial charge in [-0.15, -0.1) is 10.2 Å². The molecule has 0 aromatic heterocycles. The Morgan fingerprint density at radius 1 is 0.358 bits per heavy atom. The number of carbonyl (C=O) groups is 1. The molecule has 0 saturated carbocycles. The first-order chi connectivity index (χ1) is 52.5. The van der Waals surface area contributed by atoms with E-state index in [-0.39, 0.29) is 27.4 Å². The molecule has 11 aromatic rings. The van der Waals surface area contributed by atoms with Crippen LogP contribution in [0.5, 0.6) is 11.5 Å². The summed E-state index contributed by atoms with van der Waals surface area (Å²) in [5.41, 5.74) is 19.6. The van der Waals surface area contributed by atoms with Gasteiger partial charge >= 0.3 is 0 Å². The van der Waals surface area contributed by atoms with Crippen LogP contribution in [0.15, 0.2) is 383 Å². The van der Waals surface area contributed by atoms with Crippen molar-refractivity contribution in [2.75, 3.05) is 47.8 Å². The summed E-state index contributed by atoms with van der Waals surface area (Å²) < 4.78 is 5.96. The number of hydrogen-bond donors (Lipinski definition) is 0. The molecular formula is C94H94N12O2S. The summed E-state index contributed by atoms with van der Waals surface area (Å²) in [5, 5.41) is 35.3. The number of allylic oxidation sites excluding steroid dienone is 4. The molecule has 11 aromatic carbocycles. The highest BCUT2D eigenvalue weighted by Crippen LogP contribution is 2.51. The third-order valence-corrected chi connectivity index (χ3v) is 21.6. The zero-order chi connectivity index (χ0) is 76.9. The molecule has 0 bridgehead atoms. The molecule has 0 spiro atoms. The highest BCUT2D eigenvalue weighted by atomic mass is 32.2. The maximum absolute atomic E-state index is 12.9. The van der Waals surface area contributed by atoms with Crippen molar-refractivity contribution < 1.29 is 9.53 Å². The molecule has 0 aliphatic carbocycles. The van der Waals surface area contributed by atoms with Gasteiger partial charge in [0.05, 0.1) is 47.4 Å². The molecule has 15 heteroatoms. The van der Waals surface area contributed by atoms with Crippen molar-refractivity contribution in [1.29, 1.82) is 0 Å². The van der Waals surface area contributed by atoms with E-state index in [1.54, 1.807) is 24.0 Å². The lowest BCUT2D eigenvalue weighted by atomic mass is 9.84. The van der Waals surface area contributed by atoms with Crippen LogP contribution in [0.3, 0.4) is 0 Å². The number of fused-ring (bicyclic) bond motifs is 4. The van der Waals surface area contributed by atoms with Crippen LogP contribution in [0.25, 0.3) is 0 Å². The van der Waals surface area contributed by atoms with Gasteiger partial charge in [-0.2, -0.15) is 30.7 Å². The van der Waals surface area contributed by atoms with E-state index in [0.717, 1.165) is 44.8 Å². The van der Waals surface area contributed by atoms with Gasteiger partial charge in [-0.3, -0.25) is 4.79 Å². The molecule has 14 nitrogen and oxygen atoms in total. The van der Waals surface area contributed by atoms with E-state index in [1.165, 1.54) is 55.5 Å². The van der Waals surface area contributed by atoms with E-state index in [2.05, 4.69) is 272 Å². The summed E-state index contributed by atoms with van der Waals surface area (Å²) in [6, 6.07) is 94.5. The van der Waals surface area contributed by atoms with E-state index >= 15 is 0 Å². The first-order valence-electron chi connectivity index (χ1n) is 36.8. The third-order valence-electron chi connectivity index (χ3n) is 20.6. The number of likely N-dealkylation sites (N-methyl/N-ethyl adjacent to an activating group) is 4. The molecule has 4 heterocycles. The van der Waals surface area contributed by atoms with Gasteiger partial charge in [0.1, 0.15) is 11.4 Å². The quantitative estimate of drug-likeness (QED) is 0.0736. The molecule has 4 aliphatic rings. The second kappa shape index (κ2) is 33.7. The average molecular weight is 1460 g/mol. The second-order valence-electron chi connectivity index (χ2n) is 29.4. The van der Waals surface area contributed by atoms with Gasteiger partial charge in [0, 0.05) is 111 Å². The molecule has 0 radical (unpaired) electrons. The lowest BCUT2D eigenvalue weighted by molar-refractivity contribution is 0.103. The summed E-state index contributed by atoms with van der Waals surface area (Å²) >= 11 is 1.70. The second-order valence-corrected chi connectivity index (χ2v) is 30.6. The zero-order valence-electron chi connectivity index (χ0n) is 64.6. The van der Waals surface area contributed by atoms with Gasteiger partial charge in [0.2, 0.25) is 0 Å². The summed E-state index contributed by atoms with van der Waals surface area (Å²) in [4.78, 5) is 23.9. The fourth-order valence-corrected chi connectivity index (χ4v) is 15.3. The number of nitrogens with zero attached hydrogens (tertiary/aromatic N) is 12. The van der Waals surface area contributed by atoms with Crippen molar-refractivity contribution in [1.82, 2.24) is 0 Å². The van der Waals surface area contributed by atoms with Crippen LogP contribution >= 0.6 is 11.8 Å². The van der Waals surface area contributed by atoms with Crippen LogP contribution in [-0.2, 0) is 21.7 Å². The Morgan fingerprint density at radius 3 is 1.14 bits per heavy atom. The fourth-order valence-electron chi connectivity index (χ4n) is 14.4. The molecule has 109 heavy (non-hydrogen) atoms. The van der Waals surface area contributed by atoms with Crippen LogP contribution < -0.4 is 24.3 Å². The van der Waals surface area contributed by atoms with Gasteiger partial charge in [0.15, 0.2) is 11.5 Å². The van der Waals surface area contributed by atoms with E-state index in [0.29, 0.717) is 34.2 Å². The average Bonchev–Trinajstić information content (AvgIpc) is 1.62. The molecule has 0 saturated heterocycles. The minimum Gasteiger partial charge on any atom is -0.455 e. The minimum absolute atomic E-state index is 0.0569. The van der Waals surface area contributed by atoms with Crippen molar-refractivity contribution >= 4 is 63.0 Å². The standard InChI is InChI=1S/C25H23N3O.C24H23N3O.C24H23N3S.C21H25N3/c1-25(2)20-14-8-10-16-22(20)28(3)23(25)17-26-27-21-15-9-7-13-19(21)24(29)18-11-5-4-6-12-18;2*1-24(2)19-13-7-9-15-21(19)27(3)23(24)17-25-26-20-14-8-10-16-22(20)28-18-11-5-4-6-12-18;1-15(2)16-10-12-17(13-11-16)23-22-14-20-21(3,4)18-8-6-7-9-19(18)24(20)5/h4-17H,1-3H3;2*4-17H,1-3H3;6-15H,1-5H3/b23-17+,27-26?;2*23-17+,26-25?;20-14+,23-22?. The molecule has 0 fully saturated rings. The predicted molar refractivity (Wildman–Crippen MR) is 449 cm³/mol. The topological polar surface area (TPSA) is 138 Å². The Bertz CT molecular complexity index is 5120. The summed E-state index contributed by atoms with van der Waals surface area (Å²) in [7, 11) is 8.30. The number of carbonyl (C=O) groups excluding carboxylic acids is 1. The normalized spacial score (nSPS) is 16.8. The van der Waals surface area contributed by atoms with Crippen molar-refractivity contribution in [3.05, 3.63) is 372 Å². The van der Waals surface area contributed by atoms with Gasteiger partial charge in [-0.05, 0) is 131 Å². The van der Waals surface area contributed by atoms with Gasteiger partial charge < -0.3 is 24.3 Å². The van der Waals surface area contributed by atoms with Crippen LogP contribution in [0.4, 0.5) is 45.5 Å². The highest BCUT2D eigenvalue weighted by molar-refractivity contribution is 7.99. The van der Waals surface area contributed by atoms with Gasteiger partial charge in [0.25, 0.3) is 0 Å². The Kier molecular flexibility index (Phi) is 23.6. The highest BCUT2D eigenvalue weighted by Gasteiger charge is 2.42. The van der Waals surface area contributed by atoms with Gasteiger partial charge in [-0.25, -0.2) is 0 Å². The number of ketones is 1. The third kappa shape index (κ3) is 17.0. The smallest absolute Gasteiger partial charge is 0.195 e. The Labute approximate surface area is 647 Å². The van der Waals surface area contributed by atoms with Crippen molar-refractivity contribution in [3.63, 3.8) is 0 Å². The number of benzene rings is 11. The Morgan fingerprint density at radius 2 is 0.697 bits per heavy atom. The SMILES string of the molecule is CC(C)c1ccc(N=N/C=C2/N(C)c3ccccc3C2(C)C)cc1.CN1/C(=C/N=Nc2ccccc2C(=O)c2ccccc2)C(C)(C)c2ccccc21.CN1/C(=C/N=Nc2ccccc2Oc2ccccc2)C(C)(C)c2ccccc21.CN1/C(=C/N=Nc2ccccc2Sc2ccccc2)C(C)(C)c2ccccc21. The van der Waals surface area contributed by atoms with Crippen molar-refractivity contribution in [2.45, 2.75) is 107 Å². The first kappa shape index (κ1) is 76.4. The van der Waals surface area contributed by atoms with E-state index in [4.69, 9.17) is 4.74 Å². The molecule has 0 amide bonds. The van der Waals surface area contributed by atoms with Crippen LogP contribution in [0.2, 0.25) is 0 Å². The van der Waals surface area contributed by atoms with E-state index in [1.807, 2.05) is 183 Å². The van der Waals surface area contributed by atoms with Crippen LogP contribution in [0.1, 0.15) is 119 Å². The minimum atomic E-state index is -0.163. The maximum Gasteiger partial charge on any atom is 0.195 e. The predicted octanol–water partition coefficient (Wildman–Crippen LogP) is 26.5. The summed E-state index contributed by atoms with van der Waals surface area (Å²) in [6.45, 7) is 22.1. The first-order valence-corrected chi connectivity index (χ1v) is 37.6. The lowest BCUT2D eigenvalue weighted by Crippen LogP contribution is -2.22. The molecular weight excluding hydrogens is 1360 g/mol. The van der Waals surface area contributed by atoms with E-state index < -0.39 is 0 Å². The summed E-state index contributed by atoms with van der Waals surface area (Å²) in [6.07, 6.45) is 7.42. The zero-order valence-corrected chi connectivity index (χ0v) is 65.4.